The Hall–Kier alpha value is -3.43. The van der Waals surface area contributed by atoms with Gasteiger partial charge in [-0.3, -0.25) is 13.6 Å². The average molecular weight is 492 g/mol. The fourth-order valence-corrected chi connectivity index (χ4v) is 5.17. The lowest BCUT2D eigenvalue weighted by molar-refractivity contribution is 0.0763. The summed E-state index contributed by atoms with van der Waals surface area (Å²) in [5.41, 5.74) is 2.25. The van der Waals surface area contributed by atoms with Crippen molar-refractivity contribution in [2.24, 2.45) is 0 Å². The van der Waals surface area contributed by atoms with Crippen molar-refractivity contribution in [3.63, 3.8) is 0 Å². The fourth-order valence-electron chi connectivity index (χ4n) is 4.44. The van der Waals surface area contributed by atoms with Crippen molar-refractivity contribution >= 4 is 27.6 Å². The van der Waals surface area contributed by atoms with Gasteiger partial charge in [0, 0.05) is 66.6 Å². The summed E-state index contributed by atoms with van der Waals surface area (Å²) in [6.45, 7) is 3.20. The van der Waals surface area contributed by atoms with E-state index in [0.29, 0.717) is 46.1 Å². The summed E-state index contributed by atoms with van der Waals surface area (Å²) in [7, 11) is 0.818. The molecule has 5 rings (SSSR count). The maximum absolute atomic E-state index is 14.2. The van der Waals surface area contributed by atoms with Crippen molar-refractivity contribution in [2.45, 2.75) is 11.3 Å². The van der Waals surface area contributed by atoms with E-state index in [1.165, 1.54) is 6.07 Å². The standard InChI is InChI=1S/C26H26FN5O2S/c1-30-10-5-11-31(13-12-30)25(33)18-8-9-21-23(14-18)32(17-24(21)35(2)34)26-28-15-19(16-29-26)20-6-3-4-7-22(20)27/h3-4,6-9,14-17H,5,10-13H2,1-2H3. The molecule has 0 saturated carbocycles. The Morgan fingerprint density at radius 3 is 2.54 bits per heavy atom. The van der Waals surface area contributed by atoms with Gasteiger partial charge in [-0.1, -0.05) is 24.3 Å². The average Bonchev–Trinajstić information content (AvgIpc) is 3.11. The molecule has 1 amide bonds. The molecule has 1 aliphatic heterocycles. The molecule has 3 heterocycles. The Morgan fingerprint density at radius 2 is 1.80 bits per heavy atom. The van der Waals surface area contributed by atoms with E-state index >= 15 is 0 Å². The highest BCUT2D eigenvalue weighted by atomic mass is 32.2. The van der Waals surface area contributed by atoms with Crippen LogP contribution >= 0.6 is 0 Å². The summed E-state index contributed by atoms with van der Waals surface area (Å²) in [5, 5.41) is 0.778. The summed E-state index contributed by atoms with van der Waals surface area (Å²) in [4.78, 5) is 27.0. The van der Waals surface area contributed by atoms with Crippen LogP contribution < -0.4 is 0 Å². The molecule has 1 atom stereocenters. The molecular weight excluding hydrogens is 465 g/mol. The van der Waals surface area contributed by atoms with Crippen LogP contribution in [0.15, 0.2) is 66.0 Å². The molecule has 4 aromatic rings. The van der Waals surface area contributed by atoms with Gasteiger partial charge in [-0.25, -0.2) is 14.4 Å². The lowest BCUT2D eigenvalue weighted by Gasteiger charge is -2.20. The van der Waals surface area contributed by atoms with E-state index in [9.17, 15) is 13.4 Å². The number of hydrogen-bond donors (Lipinski definition) is 0. The van der Waals surface area contributed by atoms with Crippen LogP contribution in [0.5, 0.6) is 0 Å². The first kappa shape index (κ1) is 23.3. The van der Waals surface area contributed by atoms with Gasteiger partial charge in [0.2, 0.25) is 5.95 Å². The number of amides is 1. The third-order valence-electron chi connectivity index (χ3n) is 6.37. The van der Waals surface area contributed by atoms with E-state index in [1.807, 2.05) is 17.0 Å². The molecule has 0 spiro atoms. The fraction of sp³-hybridized carbons (Fsp3) is 0.269. The predicted molar refractivity (Wildman–Crippen MR) is 135 cm³/mol. The monoisotopic (exact) mass is 491 g/mol. The van der Waals surface area contributed by atoms with Crippen molar-refractivity contribution in [3.8, 4) is 17.1 Å². The zero-order valence-corrected chi connectivity index (χ0v) is 20.5. The highest BCUT2D eigenvalue weighted by Crippen LogP contribution is 2.28. The second-order valence-electron chi connectivity index (χ2n) is 8.75. The van der Waals surface area contributed by atoms with Gasteiger partial charge in [-0.15, -0.1) is 0 Å². The molecule has 0 bridgehead atoms. The van der Waals surface area contributed by atoms with Crippen LogP contribution in [-0.2, 0) is 10.8 Å². The van der Waals surface area contributed by atoms with Crippen LogP contribution in [0.4, 0.5) is 4.39 Å². The molecule has 2 aromatic heterocycles. The van der Waals surface area contributed by atoms with Crippen LogP contribution in [0.1, 0.15) is 16.8 Å². The molecular formula is C26H26FN5O2S. The summed E-state index contributed by atoms with van der Waals surface area (Å²) in [6, 6.07) is 11.9. The van der Waals surface area contributed by atoms with E-state index in [1.54, 1.807) is 53.7 Å². The molecule has 180 valence electrons. The smallest absolute Gasteiger partial charge is 0.253 e. The highest BCUT2D eigenvalue weighted by molar-refractivity contribution is 7.84. The topological polar surface area (TPSA) is 71.3 Å². The van der Waals surface area contributed by atoms with E-state index in [2.05, 4.69) is 21.9 Å². The first-order chi connectivity index (χ1) is 16.9. The molecule has 9 heteroatoms. The lowest BCUT2D eigenvalue weighted by atomic mass is 10.1. The Kier molecular flexibility index (Phi) is 6.44. The van der Waals surface area contributed by atoms with Gasteiger partial charge in [0.15, 0.2) is 0 Å². The predicted octanol–water partition coefficient (Wildman–Crippen LogP) is 3.74. The Labute approximate surface area is 205 Å². The van der Waals surface area contributed by atoms with E-state index in [0.717, 1.165) is 24.9 Å². The minimum atomic E-state index is -1.25. The first-order valence-corrected chi connectivity index (χ1v) is 13.0. The first-order valence-electron chi connectivity index (χ1n) is 11.5. The quantitative estimate of drug-likeness (QED) is 0.435. The molecule has 1 fully saturated rings. The van der Waals surface area contributed by atoms with Gasteiger partial charge in [-0.2, -0.15) is 0 Å². The van der Waals surface area contributed by atoms with Gasteiger partial charge < -0.3 is 9.80 Å². The van der Waals surface area contributed by atoms with Crippen LogP contribution in [0.2, 0.25) is 0 Å². The van der Waals surface area contributed by atoms with E-state index in [-0.39, 0.29) is 11.7 Å². The molecule has 0 radical (unpaired) electrons. The van der Waals surface area contributed by atoms with Crippen molar-refractivity contribution < 1.29 is 13.4 Å². The normalized spacial score (nSPS) is 15.8. The molecule has 0 aliphatic carbocycles. The Balaban J connectivity index is 1.54. The SMILES string of the molecule is CN1CCCN(C(=O)c2ccc3c(S(C)=O)cn(-c4ncc(-c5ccccc5F)cn4)c3c2)CC1. The summed E-state index contributed by atoms with van der Waals surface area (Å²) in [6.07, 6.45) is 7.43. The zero-order valence-electron chi connectivity index (χ0n) is 19.6. The second kappa shape index (κ2) is 9.67. The Bertz CT molecular complexity index is 1420. The lowest BCUT2D eigenvalue weighted by Crippen LogP contribution is -2.34. The number of rotatable bonds is 4. The molecule has 35 heavy (non-hydrogen) atoms. The number of halogens is 1. The van der Waals surface area contributed by atoms with E-state index < -0.39 is 10.8 Å². The number of nitrogens with zero attached hydrogens (tertiary/aromatic N) is 5. The van der Waals surface area contributed by atoms with Gasteiger partial charge in [0.05, 0.1) is 21.2 Å². The van der Waals surface area contributed by atoms with Crippen LogP contribution in [0.3, 0.4) is 0 Å². The highest BCUT2D eigenvalue weighted by Gasteiger charge is 2.21. The van der Waals surface area contributed by atoms with Crippen molar-refractivity contribution in [1.29, 1.82) is 0 Å². The largest absolute Gasteiger partial charge is 0.337 e. The number of aromatic nitrogens is 3. The van der Waals surface area contributed by atoms with Crippen molar-refractivity contribution in [1.82, 2.24) is 24.3 Å². The van der Waals surface area contributed by atoms with Gasteiger partial charge in [0.25, 0.3) is 5.91 Å². The molecule has 1 aliphatic rings. The number of carbonyl (C=O) groups is 1. The van der Waals surface area contributed by atoms with Crippen molar-refractivity contribution in [2.75, 3.05) is 39.5 Å². The van der Waals surface area contributed by atoms with Gasteiger partial charge >= 0.3 is 0 Å². The minimum absolute atomic E-state index is 0.0232. The van der Waals surface area contributed by atoms with Crippen molar-refractivity contribution in [3.05, 3.63) is 72.4 Å². The number of fused-ring (bicyclic) bond motifs is 1. The maximum atomic E-state index is 14.2. The third-order valence-corrected chi connectivity index (χ3v) is 7.32. The number of carbonyl (C=O) groups excluding carboxylic acids is 1. The van der Waals surface area contributed by atoms with E-state index in [4.69, 9.17) is 0 Å². The second-order valence-corrected chi connectivity index (χ2v) is 10.1. The van der Waals surface area contributed by atoms with Crippen LogP contribution in [0, 0.1) is 5.82 Å². The van der Waals surface area contributed by atoms with Crippen LogP contribution in [-0.4, -0.2) is 73.9 Å². The zero-order chi connectivity index (χ0) is 24.5. The molecule has 2 aromatic carbocycles. The summed E-state index contributed by atoms with van der Waals surface area (Å²) in [5.74, 6) is -0.0143. The summed E-state index contributed by atoms with van der Waals surface area (Å²) >= 11 is 0. The Morgan fingerprint density at radius 1 is 1.03 bits per heavy atom. The van der Waals surface area contributed by atoms with Crippen LogP contribution in [0.25, 0.3) is 28.0 Å². The number of hydrogen-bond acceptors (Lipinski definition) is 5. The molecule has 0 N–H and O–H groups in total. The maximum Gasteiger partial charge on any atom is 0.253 e. The van der Waals surface area contributed by atoms with Gasteiger partial charge in [0.1, 0.15) is 5.82 Å². The molecule has 1 saturated heterocycles. The van der Waals surface area contributed by atoms with Gasteiger partial charge in [-0.05, 0) is 38.2 Å². The minimum Gasteiger partial charge on any atom is -0.337 e. The molecule has 1 unspecified atom stereocenters. The summed E-state index contributed by atoms with van der Waals surface area (Å²) < 4.78 is 28.4. The third kappa shape index (κ3) is 4.61. The number of likely N-dealkylation sites (N-methyl/N-ethyl adjacent to an activating group) is 1. The molecule has 7 nitrogen and oxygen atoms in total. The number of benzene rings is 2.